The van der Waals surface area contributed by atoms with Crippen molar-refractivity contribution in [2.75, 3.05) is 18.4 Å². The van der Waals surface area contributed by atoms with E-state index >= 15 is 0 Å². The number of anilines is 1. The molecule has 1 aliphatic carbocycles. The summed E-state index contributed by atoms with van der Waals surface area (Å²) in [7, 11) is 0. The van der Waals surface area contributed by atoms with E-state index in [0.717, 1.165) is 22.9 Å². The molecule has 2 aromatic carbocycles. The molecule has 2 aliphatic rings. The number of benzene rings is 2. The summed E-state index contributed by atoms with van der Waals surface area (Å²) in [5.41, 5.74) is 3.11. The van der Waals surface area contributed by atoms with Gasteiger partial charge >= 0.3 is 6.01 Å². The SMILES string of the molecule is N#Cc1ccc2nc(NC(=O)CN3CC4(CC4)c4cc(Br)ccc4C3=O)oc2c1. The lowest BCUT2D eigenvalue weighted by atomic mass is 9.86. The van der Waals surface area contributed by atoms with Crippen LogP contribution in [-0.2, 0) is 10.2 Å². The molecule has 8 heteroatoms. The van der Waals surface area contributed by atoms with Gasteiger partial charge in [0.1, 0.15) is 12.1 Å². The Morgan fingerprint density at radius 3 is 2.90 bits per heavy atom. The maximum absolute atomic E-state index is 12.9. The minimum Gasteiger partial charge on any atom is -0.423 e. The second-order valence-electron chi connectivity index (χ2n) is 7.49. The smallest absolute Gasteiger partial charge is 0.302 e. The Kier molecular flexibility index (Phi) is 3.96. The highest BCUT2D eigenvalue weighted by Gasteiger charge is 2.51. The molecule has 2 amide bonds. The van der Waals surface area contributed by atoms with Gasteiger partial charge in [-0.05, 0) is 48.7 Å². The highest BCUT2D eigenvalue weighted by molar-refractivity contribution is 9.10. The average Bonchev–Trinajstić information content (AvgIpc) is 3.36. The Labute approximate surface area is 174 Å². The zero-order valence-corrected chi connectivity index (χ0v) is 16.8. The number of amides is 2. The summed E-state index contributed by atoms with van der Waals surface area (Å²) in [5.74, 6) is -0.516. The second kappa shape index (κ2) is 6.42. The molecule has 1 N–H and O–H groups in total. The van der Waals surface area contributed by atoms with Gasteiger partial charge in [-0.1, -0.05) is 15.9 Å². The molecule has 0 radical (unpaired) electrons. The number of rotatable bonds is 3. The fraction of sp³-hybridized carbons (Fsp3) is 0.238. The van der Waals surface area contributed by atoms with Crippen molar-refractivity contribution in [2.45, 2.75) is 18.3 Å². The fourth-order valence-electron chi connectivity index (χ4n) is 3.92. The summed E-state index contributed by atoms with van der Waals surface area (Å²) < 4.78 is 6.47. The molecule has 1 aliphatic heterocycles. The van der Waals surface area contributed by atoms with Crippen LogP contribution in [0.15, 0.2) is 45.3 Å². The number of hydrogen-bond donors (Lipinski definition) is 1. The van der Waals surface area contributed by atoms with Gasteiger partial charge in [0.2, 0.25) is 5.91 Å². The van der Waals surface area contributed by atoms with Gasteiger partial charge in [-0.3, -0.25) is 14.9 Å². The van der Waals surface area contributed by atoms with Crippen LogP contribution in [0.25, 0.3) is 11.1 Å². The molecule has 1 aromatic heterocycles. The van der Waals surface area contributed by atoms with Crippen molar-refractivity contribution in [3.63, 3.8) is 0 Å². The standard InChI is InChI=1S/C21H15BrN4O3/c22-13-2-3-14-15(8-13)21(5-6-21)11-26(19(14)28)10-18(27)25-20-24-16-4-1-12(9-23)7-17(16)29-20/h1-4,7-8H,5-6,10-11H2,(H,24,25,27). The van der Waals surface area contributed by atoms with Crippen LogP contribution in [0.3, 0.4) is 0 Å². The predicted molar refractivity (Wildman–Crippen MR) is 108 cm³/mol. The topological polar surface area (TPSA) is 99.2 Å². The van der Waals surface area contributed by atoms with Crippen molar-refractivity contribution < 1.29 is 14.0 Å². The van der Waals surface area contributed by atoms with Crippen LogP contribution < -0.4 is 5.32 Å². The van der Waals surface area contributed by atoms with Gasteiger partial charge in [0.05, 0.1) is 11.6 Å². The maximum atomic E-state index is 12.9. The van der Waals surface area contributed by atoms with Crippen molar-refractivity contribution in [2.24, 2.45) is 0 Å². The minimum absolute atomic E-state index is 0.0430. The Hall–Kier alpha value is -3.18. The zero-order valence-electron chi connectivity index (χ0n) is 15.2. The highest BCUT2D eigenvalue weighted by Crippen LogP contribution is 2.52. The Balaban J connectivity index is 1.34. The number of nitrogens with one attached hydrogen (secondary N) is 1. The van der Waals surface area contributed by atoms with Crippen LogP contribution in [0.5, 0.6) is 0 Å². The molecule has 1 spiro atoms. The third-order valence-electron chi connectivity index (χ3n) is 5.52. The number of nitrogens with zero attached hydrogens (tertiary/aromatic N) is 3. The summed E-state index contributed by atoms with van der Waals surface area (Å²) in [6.45, 7) is 0.458. The minimum atomic E-state index is -0.373. The summed E-state index contributed by atoms with van der Waals surface area (Å²) in [4.78, 5) is 31.3. The van der Waals surface area contributed by atoms with E-state index in [1.807, 2.05) is 24.3 Å². The van der Waals surface area contributed by atoms with E-state index in [0.29, 0.717) is 28.8 Å². The Bertz CT molecular complexity index is 1220. The predicted octanol–water partition coefficient (Wildman–Crippen LogP) is 3.59. The van der Waals surface area contributed by atoms with Gasteiger partial charge < -0.3 is 9.32 Å². The van der Waals surface area contributed by atoms with Gasteiger partial charge in [-0.2, -0.15) is 10.2 Å². The van der Waals surface area contributed by atoms with E-state index in [1.165, 1.54) is 0 Å². The van der Waals surface area contributed by atoms with Gasteiger partial charge in [-0.15, -0.1) is 0 Å². The first-order valence-electron chi connectivity index (χ1n) is 9.17. The number of fused-ring (bicyclic) bond motifs is 3. The molecule has 1 fully saturated rings. The van der Waals surface area contributed by atoms with E-state index in [4.69, 9.17) is 9.68 Å². The molecule has 1 saturated carbocycles. The third kappa shape index (κ3) is 3.08. The van der Waals surface area contributed by atoms with E-state index in [1.54, 1.807) is 23.1 Å². The Morgan fingerprint density at radius 1 is 1.31 bits per heavy atom. The van der Waals surface area contributed by atoms with E-state index in [-0.39, 0.29) is 29.8 Å². The first-order valence-corrected chi connectivity index (χ1v) is 9.97. The first-order chi connectivity index (χ1) is 14.0. The molecular formula is C21H15BrN4O3. The molecule has 5 rings (SSSR count). The Morgan fingerprint density at radius 2 is 2.14 bits per heavy atom. The number of carbonyl (C=O) groups excluding carboxylic acids is 2. The summed E-state index contributed by atoms with van der Waals surface area (Å²) in [6.07, 6.45) is 2.02. The van der Waals surface area contributed by atoms with Crippen LogP contribution >= 0.6 is 15.9 Å². The summed E-state index contributed by atoms with van der Waals surface area (Å²) in [5, 5.41) is 11.6. The quantitative estimate of drug-likeness (QED) is 0.656. The van der Waals surface area contributed by atoms with Gasteiger partial charge in [0.15, 0.2) is 5.58 Å². The van der Waals surface area contributed by atoms with Crippen molar-refractivity contribution in [3.05, 3.63) is 57.6 Å². The van der Waals surface area contributed by atoms with Crippen LogP contribution in [-0.4, -0.2) is 34.8 Å². The lowest BCUT2D eigenvalue weighted by molar-refractivity contribution is -0.117. The first kappa shape index (κ1) is 17.9. The number of carbonyl (C=O) groups is 2. The van der Waals surface area contributed by atoms with Gasteiger partial charge in [-0.25, -0.2) is 0 Å². The van der Waals surface area contributed by atoms with Crippen LogP contribution in [0.2, 0.25) is 0 Å². The highest BCUT2D eigenvalue weighted by atomic mass is 79.9. The maximum Gasteiger partial charge on any atom is 0.302 e. The van der Waals surface area contributed by atoms with Crippen molar-refractivity contribution in [3.8, 4) is 6.07 Å². The fourth-order valence-corrected chi connectivity index (χ4v) is 4.28. The lowest BCUT2D eigenvalue weighted by Gasteiger charge is -2.34. The van der Waals surface area contributed by atoms with Gasteiger partial charge in [0.25, 0.3) is 5.91 Å². The normalized spacial score (nSPS) is 16.6. The largest absolute Gasteiger partial charge is 0.423 e. The third-order valence-corrected chi connectivity index (χ3v) is 6.01. The average molecular weight is 451 g/mol. The molecule has 0 unspecified atom stereocenters. The molecule has 2 heterocycles. The van der Waals surface area contributed by atoms with Crippen LogP contribution in [0.4, 0.5) is 6.01 Å². The number of hydrogen-bond acceptors (Lipinski definition) is 5. The van der Waals surface area contributed by atoms with E-state index < -0.39 is 0 Å². The van der Waals surface area contributed by atoms with Crippen molar-refractivity contribution in [1.29, 1.82) is 5.26 Å². The monoisotopic (exact) mass is 450 g/mol. The molecule has 3 aromatic rings. The zero-order chi connectivity index (χ0) is 20.2. The molecule has 29 heavy (non-hydrogen) atoms. The number of nitriles is 1. The summed E-state index contributed by atoms with van der Waals surface area (Å²) in [6, 6.07) is 12.6. The van der Waals surface area contributed by atoms with Crippen LogP contribution in [0, 0.1) is 11.3 Å². The molecule has 0 bridgehead atoms. The van der Waals surface area contributed by atoms with Crippen LogP contribution in [0.1, 0.15) is 34.3 Å². The summed E-state index contributed by atoms with van der Waals surface area (Å²) >= 11 is 3.48. The molecule has 144 valence electrons. The molecule has 0 saturated heterocycles. The molecule has 0 atom stereocenters. The lowest BCUT2D eigenvalue weighted by Crippen LogP contribution is -2.46. The van der Waals surface area contributed by atoms with E-state index in [2.05, 4.69) is 26.2 Å². The van der Waals surface area contributed by atoms with Crippen molar-refractivity contribution >= 4 is 44.9 Å². The van der Waals surface area contributed by atoms with E-state index in [9.17, 15) is 9.59 Å². The van der Waals surface area contributed by atoms with Crippen molar-refractivity contribution in [1.82, 2.24) is 9.88 Å². The molecule has 7 nitrogen and oxygen atoms in total. The second-order valence-corrected chi connectivity index (χ2v) is 8.41. The molecular weight excluding hydrogens is 436 g/mol. The number of aromatic nitrogens is 1. The number of oxazole rings is 1. The van der Waals surface area contributed by atoms with Gasteiger partial charge in [0, 0.05) is 28.1 Å². The number of halogens is 1.